The molecule has 0 spiro atoms. The van der Waals surface area contributed by atoms with Gasteiger partial charge in [-0.3, -0.25) is 9.59 Å². The molecule has 1 aromatic carbocycles. The molecule has 2 N–H and O–H groups in total. The Labute approximate surface area is 125 Å². The molecule has 1 aliphatic heterocycles. The van der Waals surface area contributed by atoms with Gasteiger partial charge in [0.1, 0.15) is 6.04 Å². The molecule has 1 aliphatic rings. The molecule has 0 aromatic heterocycles. The minimum atomic E-state index is -0.325. The number of likely N-dealkylation sites (N-methyl/N-ethyl adjacent to an activating group) is 1. The van der Waals surface area contributed by atoms with Crippen LogP contribution in [0.2, 0.25) is 0 Å². The van der Waals surface area contributed by atoms with Crippen molar-refractivity contribution in [3.63, 3.8) is 0 Å². The summed E-state index contributed by atoms with van der Waals surface area (Å²) >= 11 is 0. The Kier molecular flexibility index (Phi) is 4.96. The van der Waals surface area contributed by atoms with Gasteiger partial charge >= 0.3 is 0 Å². The zero-order valence-electron chi connectivity index (χ0n) is 12.7. The number of nitrogens with two attached hydrogens (primary N) is 1. The van der Waals surface area contributed by atoms with Crippen LogP contribution in [0.5, 0.6) is 0 Å². The molecular weight excluding hydrogens is 266 g/mol. The van der Waals surface area contributed by atoms with E-state index < -0.39 is 0 Å². The lowest BCUT2D eigenvalue weighted by atomic mass is 10.0. The molecule has 0 saturated carbocycles. The van der Waals surface area contributed by atoms with E-state index in [2.05, 4.69) is 0 Å². The molecule has 0 unspecified atom stereocenters. The lowest BCUT2D eigenvalue weighted by Gasteiger charge is -2.27. The first-order valence-electron chi connectivity index (χ1n) is 7.32. The van der Waals surface area contributed by atoms with Crippen molar-refractivity contribution in [3.05, 3.63) is 35.9 Å². The standard InChI is InChI=1S/C16H23N3O2/c1-18(2)16(21)14-9-6-10-19(14)15(20)11-13(17)12-7-4-3-5-8-12/h3-5,7-8,13-14H,6,9-11,17H2,1-2H3/t13-,14-/m0/s1. The van der Waals surface area contributed by atoms with E-state index in [-0.39, 0.29) is 30.3 Å². The smallest absolute Gasteiger partial charge is 0.244 e. The summed E-state index contributed by atoms with van der Waals surface area (Å²) < 4.78 is 0. The number of benzene rings is 1. The topological polar surface area (TPSA) is 66.6 Å². The van der Waals surface area contributed by atoms with Crippen molar-refractivity contribution in [2.45, 2.75) is 31.3 Å². The highest BCUT2D eigenvalue weighted by Crippen LogP contribution is 2.22. The van der Waals surface area contributed by atoms with Gasteiger partial charge in [0.25, 0.3) is 0 Å². The van der Waals surface area contributed by atoms with E-state index in [1.54, 1.807) is 23.9 Å². The molecule has 114 valence electrons. The Hall–Kier alpha value is -1.88. The summed E-state index contributed by atoms with van der Waals surface area (Å²) in [4.78, 5) is 27.8. The minimum absolute atomic E-state index is 0.00543. The van der Waals surface area contributed by atoms with Crippen LogP contribution >= 0.6 is 0 Å². The van der Waals surface area contributed by atoms with Crippen LogP contribution in [0.15, 0.2) is 30.3 Å². The second-order valence-electron chi connectivity index (χ2n) is 5.70. The van der Waals surface area contributed by atoms with Gasteiger partial charge in [0, 0.05) is 33.1 Å². The quantitative estimate of drug-likeness (QED) is 0.904. The lowest BCUT2D eigenvalue weighted by Crippen LogP contribution is -2.46. The van der Waals surface area contributed by atoms with Gasteiger partial charge in [-0.25, -0.2) is 0 Å². The summed E-state index contributed by atoms with van der Waals surface area (Å²) in [5.41, 5.74) is 7.05. The summed E-state index contributed by atoms with van der Waals surface area (Å²) in [6.07, 6.45) is 1.85. The molecule has 1 saturated heterocycles. The third-order valence-corrected chi connectivity index (χ3v) is 3.92. The van der Waals surface area contributed by atoms with E-state index in [4.69, 9.17) is 5.73 Å². The Morgan fingerprint density at radius 3 is 2.62 bits per heavy atom. The molecule has 1 fully saturated rings. The Bertz CT molecular complexity index is 502. The first kappa shape index (κ1) is 15.5. The fourth-order valence-electron chi connectivity index (χ4n) is 2.74. The highest BCUT2D eigenvalue weighted by molar-refractivity contribution is 5.88. The van der Waals surface area contributed by atoms with E-state index in [1.165, 1.54) is 0 Å². The SMILES string of the molecule is CN(C)C(=O)[C@@H]1CCCN1C(=O)C[C@H](N)c1ccccc1. The van der Waals surface area contributed by atoms with Crippen molar-refractivity contribution in [2.24, 2.45) is 5.73 Å². The Balaban J connectivity index is 2.01. The van der Waals surface area contributed by atoms with Crippen molar-refractivity contribution in [1.29, 1.82) is 0 Å². The molecule has 21 heavy (non-hydrogen) atoms. The number of likely N-dealkylation sites (tertiary alicyclic amines) is 1. The number of hydrogen-bond acceptors (Lipinski definition) is 3. The maximum absolute atomic E-state index is 12.4. The fourth-order valence-corrected chi connectivity index (χ4v) is 2.74. The second-order valence-corrected chi connectivity index (χ2v) is 5.70. The van der Waals surface area contributed by atoms with Crippen LogP contribution < -0.4 is 5.73 Å². The second kappa shape index (κ2) is 6.72. The fraction of sp³-hybridized carbons (Fsp3) is 0.500. The zero-order valence-corrected chi connectivity index (χ0v) is 12.7. The predicted octanol–water partition coefficient (Wildman–Crippen LogP) is 1.16. The molecular formula is C16H23N3O2. The summed E-state index contributed by atoms with van der Waals surface area (Å²) in [6, 6.07) is 8.94. The number of carbonyl (C=O) groups is 2. The van der Waals surface area contributed by atoms with Crippen LogP contribution in [0.1, 0.15) is 30.9 Å². The highest BCUT2D eigenvalue weighted by Gasteiger charge is 2.35. The largest absolute Gasteiger partial charge is 0.347 e. The zero-order chi connectivity index (χ0) is 15.4. The van der Waals surface area contributed by atoms with Crippen LogP contribution in [0.3, 0.4) is 0 Å². The van der Waals surface area contributed by atoms with Gasteiger partial charge in [-0.2, -0.15) is 0 Å². The van der Waals surface area contributed by atoms with E-state index in [9.17, 15) is 9.59 Å². The normalized spacial score (nSPS) is 19.4. The maximum Gasteiger partial charge on any atom is 0.244 e. The molecule has 5 nitrogen and oxygen atoms in total. The molecule has 0 aliphatic carbocycles. The first-order chi connectivity index (χ1) is 10.0. The molecule has 2 rings (SSSR count). The monoisotopic (exact) mass is 289 g/mol. The van der Waals surface area contributed by atoms with Gasteiger partial charge in [0.05, 0.1) is 0 Å². The van der Waals surface area contributed by atoms with Crippen LogP contribution in [0, 0.1) is 0 Å². The van der Waals surface area contributed by atoms with Crippen molar-refractivity contribution in [2.75, 3.05) is 20.6 Å². The molecule has 2 atom stereocenters. The number of hydrogen-bond donors (Lipinski definition) is 1. The maximum atomic E-state index is 12.4. The van der Waals surface area contributed by atoms with Crippen molar-refractivity contribution in [3.8, 4) is 0 Å². The Morgan fingerprint density at radius 2 is 2.00 bits per heavy atom. The van der Waals surface area contributed by atoms with Crippen LogP contribution in [0.25, 0.3) is 0 Å². The molecule has 1 heterocycles. The third-order valence-electron chi connectivity index (χ3n) is 3.92. The molecule has 1 aromatic rings. The van der Waals surface area contributed by atoms with Crippen molar-refractivity contribution in [1.82, 2.24) is 9.80 Å². The summed E-state index contributed by atoms with van der Waals surface area (Å²) in [5, 5.41) is 0. The first-order valence-corrected chi connectivity index (χ1v) is 7.32. The number of carbonyl (C=O) groups excluding carboxylic acids is 2. The average Bonchev–Trinajstić information content (AvgIpc) is 2.96. The van der Waals surface area contributed by atoms with Gasteiger partial charge in [0.15, 0.2) is 0 Å². The number of nitrogens with zero attached hydrogens (tertiary/aromatic N) is 2. The predicted molar refractivity (Wildman–Crippen MR) is 81.4 cm³/mol. The van der Waals surface area contributed by atoms with E-state index in [0.717, 1.165) is 18.4 Å². The van der Waals surface area contributed by atoms with E-state index >= 15 is 0 Å². The number of rotatable bonds is 4. The molecule has 2 amide bonds. The molecule has 5 heteroatoms. The Morgan fingerprint density at radius 1 is 1.33 bits per heavy atom. The van der Waals surface area contributed by atoms with E-state index in [0.29, 0.717) is 6.54 Å². The van der Waals surface area contributed by atoms with Crippen LogP contribution in [-0.2, 0) is 9.59 Å². The van der Waals surface area contributed by atoms with Gasteiger partial charge in [0.2, 0.25) is 11.8 Å². The summed E-state index contributed by atoms with van der Waals surface area (Å²) in [5.74, 6) is -0.0433. The summed E-state index contributed by atoms with van der Waals surface area (Å²) in [6.45, 7) is 0.643. The lowest BCUT2D eigenvalue weighted by molar-refractivity contribution is -0.142. The number of amides is 2. The van der Waals surface area contributed by atoms with Crippen molar-refractivity contribution >= 4 is 11.8 Å². The van der Waals surface area contributed by atoms with Gasteiger partial charge < -0.3 is 15.5 Å². The van der Waals surface area contributed by atoms with E-state index in [1.807, 2.05) is 30.3 Å². The van der Waals surface area contributed by atoms with Gasteiger partial charge in [-0.1, -0.05) is 30.3 Å². The van der Waals surface area contributed by atoms with Crippen LogP contribution in [0.4, 0.5) is 0 Å². The third kappa shape index (κ3) is 3.61. The highest BCUT2D eigenvalue weighted by atomic mass is 16.2. The van der Waals surface area contributed by atoms with Gasteiger partial charge in [-0.15, -0.1) is 0 Å². The molecule has 0 radical (unpaired) electrons. The van der Waals surface area contributed by atoms with Gasteiger partial charge in [-0.05, 0) is 18.4 Å². The summed E-state index contributed by atoms with van der Waals surface area (Å²) in [7, 11) is 3.44. The minimum Gasteiger partial charge on any atom is -0.347 e. The van der Waals surface area contributed by atoms with Crippen molar-refractivity contribution < 1.29 is 9.59 Å². The molecule has 0 bridgehead atoms. The average molecular weight is 289 g/mol. The van der Waals surface area contributed by atoms with Crippen LogP contribution in [-0.4, -0.2) is 48.3 Å².